The van der Waals surface area contributed by atoms with Gasteiger partial charge in [-0.15, -0.1) is 5.10 Å². The maximum absolute atomic E-state index is 13.7. The van der Waals surface area contributed by atoms with Crippen molar-refractivity contribution >= 4 is 38.9 Å². The number of hydrogen-bond donors (Lipinski definition) is 2. The number of pyridine rings is 1. The van der Waals surface area contributed by atoms with Gasteiger partial charge in [-0.05, 0) is 64.6 Å². The number of anilines is 1. The van der Waals surface area contributed by atoms with Crippen LogP contribution in [-0.2, 0) is 13.0 Å². The summed E-state index contributed by atoms with van der Waals surface area (Å²) in [5, 5.41) is 7.17. The number of nitrogens with one attached hydrogen (secondary N) is 1. The second-order valence-corrected chi connectivity index (χ2v) is 6.91. The van der Waals surface area contributed by atoms with E-state index in [9.17, 15) is 8.78 Å². The predicted octanol–water partition coefficient (Wildman–Crippen LogP) is 3.52. The molecule has 0 aliphatic heterocycles. The number of aromatic nitrogens is 4. The summed E-state index contributed by atoms with van der Waals surface area (Å²) in [4.78, 5) is 8.15. The van der Waals surface area contributed by atoms with Crippen LogP contribution in [0.2, 0.25) is 5.28 Å². The molecule has 3 aromatic heterocycles. The van der Waals surface area contributed by atoms with E-state index in [1.54, 1.807) is 6.07 Å². The molecule has 3 rings (SSSR count). The summed E-state index contributed by atoms with van der Waals surface area (Å²) in [6.45, 7) is 1.54. The van der Waals surface area contributed by atoms with Gasteiger partial charge in [0.25, 0.3) is 0 Å². The Morgan fingerprint density at radius 1 is 1.46 bits per heavy atom. The fourth-order valence-corrected chi connectivity index (χ4v) is 3.16. The molecule has 3 N–H and O–H groups in total. The zero-order chi connectivity index (χ0) is 18.8. The molecule has 2 atom stereocenters. The zero-order valence-electron chi connectivity index (χ0n) is 13.8. The third kappa shape index (κ3) is 3.94. The van der Waals surface area contributed by atoms with Crippen LogP contribution in [0.3, 0.4) is 0 Å². The standard InChI is InChI=1S/C16H16BrClF2N6/c1-8(19)11(21)5-9-6-13-15(24-16(18)25-26(13)14(9)17)23-7-12-10(20)3-2-4-22-12/h2-4,6,8,11H,5,7,21H2,1H3,(H,23,24,25)/t8-,11+/m0/s1. The van der Waals surface area contributed by atoms with E-state index in [2.05, 4.69) is 36.3 Å². The molecule has 6 nitrogen and oxygen atoms in total. The minimum Gasteiger partial charge on any atom is -0.362 e. The largest absolute Gasteiger partial charge is 0.362 e. The van der Waals surface area contributed by atoms with Gasteiger partial charge in [0.05, 0.1) is 12.2 Å². The molecule has 26 heavy (non-hydrogen) atoms. The maximum atomic E-state index is 13.7. The maximum Gasteiger partial charge on any atom is 0.243 e. The van der Waals surface area contributed by atoms with Crippen LogP contribution in [0.4, 0.5) is 14.6 Å². The van der Waals surface area contributed by atoms with Crippen molar-refractivity contribution in [2.75, 3.05) is 5.32 Å². The Hall–Kier alpha value is -1.84. The minimum atomic E-state index is -1.15. The highest BCUT2D eigenvalue weighted by Crippen LogP contribution is 2.28. The average molecular weight is 446 g/mol. The number of rotatable bonds is 6. The van der Waals surface area contributed by atoms with Gasteiger partial charge in [-0.25, -0.2) is 13.3 Å². The highest BCUT2D eigenvalue weighted by molar-refractivity contribution is 9.10. The topological polar surface area (TPSA) is 81.1 Å². The molecule has 0 saturated carbocycles. The molecule has 0 fully saturated rings. The van der Waals surface area contributed by atoms with Gasteiger partial charge in [-0.3, -0.25) is 4.98 Å². The number of nitrogens with zero attached hydrogens (tertiary/aromatic N) is 4. The Kier molecular flexibility index (Phi) is 5.69. The number of hydrogen-bond acceptors (Lipinski definition) is 5. The van der Waals surface area contributed by atoms with Gasteiger partial charge in [-0.1, -0.05) is 0 Å². The van der Waals surface area contributed by atoms with E-state index < -0.39 is 18.0 Å². The minimum absolute atomic E-state index is 0.00695. The molecule has 0 radical (unpaired) electrons. The van der Waals surface area contributed by atoms with Gasteiger partial charge >= 0.3 is 0 Å². The first kappa shape index (κ1) is 18.9. The van der Waals surface area contributed by atoms with Crippen LogP contribution in [0.15, 0.2) is 29.0 Å². The lowest BCUT2D eigenvalue weighted by Crippen LogP contribution is -2.31. The van der Waals surface area contributed by atoms with E-state index in [4.69, 9.17) is 17.3 Å². The predicted molar refractivity (Wildman–Crippen MR) is 99.5 cm³/mol. The van der Waals surface area contributed by atoms with Gasteiger partial charge in [0, 0.05) is 12.2 Å². The van der Waals surface area contributed by atoms with Gasteiger partial charge in [0.2, 0.25) is 5.28 Å². The van der Waals surface area contributed by atoms with Crippen molar-refractivity contribution in [1.29, 1.82) is 0 Å². The molecule has 0 unspecified atom stereocenters. The third-order valence-corrected chi connectivity index (χ3v) is 4.93. The smallest absolute Gasteiger partial charge is 0.243 e. The van der Waals surface area contributed by atoms with E-state index in [1.807, 2.05) is 0 Å². The summed E-state index contributed by atoms with van der Waals surface area (Å²) < 4.78 is 29.3. The van der Waals surface area contributed by atoms with Crippen molar-refractivity contribution in [3.63, 3.8) is 0 Å². The summed E-state index contributed by atoms with van der Waals surface area (Å²) >= 11 is 9.44. The van der Waals surface area contributed by atoms with Crippen molar-refractivity contribution in [3.05, 3.63) is 51.4 Å². The summed E-state index contributed by atoms with van der Waals surface area (Å²) in [6.07, 6.45) is 0.672. The molecule has 0 aromatic carbocycles. The number of alkyl halides is 1. The molecule has 0 aliphatic carbocycles. The summed E-state index contributed by atoms with van der Waals surface area (Å²) in [7, 11) is 0. The summed E-state index contributed by atoms with van der Waals surface area (Å²) in [5.74, 6) is -0.0137. The second-order valence-electron chi connectivity index (χ2n) is 5.82. The van der Waals surface area contributed by atoms with Crippen molar-refractivity contribution in [3.8, 4) is 0 Å². The fraction of sp³-hybridized carbons (Fsp3) is 0.312. The third-order valence-electron chi connectivity index (χ3n) is 3.92. The van der Waals surface area contributed by atoms with Crippen LogP contribution in [0, 0.1) is 5.82 Å². The Morgan fingerprint density at radius 3 is 2.92 bits per heavy atom. The summed E-state index contributed by atoms with van der Waals surface area (Å²) in [5.41, 5.74) is 7.45. The Morgan fingerprint density at radius 2 is 2.23 bits per heavy atom. The van der Waals surface area contributed by atoms with E-state index in [0.29, 0.717) is 22.4 Å². The highest BCUT2D eigenvalue weighted by atomic mass is 79.9. The first-order valence-electron chi connectivity index (χ1n) is 7.83. The molecule has 10 heteroatoms. The first-order valence-corrected chi connectivity index (χ1v) is 9.00. The quantitative estimate of drug-likeness (QED) is 0.607. The Bertz CT molecular complexity index is 932. The van der Waals surface area contributed by atoms with Crippen LogP contribution >= 0.6 is 27.5 Å². The van der Waals surface area contributed by atoms with Crippen molar-refractivity contribution in [2.24, 2.45) is 5.73 Å². The molecule has 0 spiro atoms. The van der Waals surface area contributed by atoms with Crippen LogP contribution in [-0.4, -0.2) is 31.8 Å². The molecular weight excluding hydrogens is 430 g/mol. The molecule has 3 heterocycles. The normalized spacial score (nSPS) is 13.8. The monoisotopic (exact) mass is 444 g/mol. The molecule has 3 aromatic rings. The van der Waals surface area contributed by atoms with Crippen LogP contribution in [0.25, 0.3) is 5.52 Å². The van der Waals surface area contributed by atoms with E-state index >= 15 is 0 Å². The molecule has 0 amide bonds. The first-order chi connectivity index (χ1) is 12.4. The van der Waals surface area contributed by atoms with Gasteiger partial charge in [0.1, 0.15) is 22.1 Å². The van der Waals surface area contributed by atoms with Gasteiger partial charge in [0.15, 0.2) is 5.82 Å². The highest BCUT2D eigenvalue weighted by Gasteiger charge is 2.19. The Balaban J connectivity index is 1.94. The molecule has 0 aliphatic rings. The SMILES string of the molecule is C[C@H](F)[C@H](N)Cc1cc2c(NCc3ncccc3F)nc(Cl)nn2c1Br. The van der Waals surface area contributed by atoms with Crippen LogP contribution in [0.5, 0.6) is 0 Å². The van der Waals surface area contributed by atoms with Crippen LogP contribution < -0.4 is 11.1 Å². The molecule has 0 bridgehead atoms. The molecule has 138 valence electrons. The van der Waals surface area contributed by atoms with Crippen molar-refractivity contribution < 1.29 is 8.78 Å². The van der Waals surface area contributed by atoms with E-state index in [1.165, 1.54) is 29.8 Å². The Labute approximate surface area is 161 Å². The number of nitrogens with two attached hydrogens (primary N) is 1. The lowest BCUT2D eigenvalue weighted by Gasteiger charge is -2.11. The number of fused-ring (bicyclic) bond motifs is 1. The summed E-state index contributed by atoms with van der Waals surface area (Å²) in [6, 6.07) is 3.99. The van der Waals surface area contributed by atoms with Crippen molar-refractivity contribution in [2.45, 2.75) is 32.1 Å². The van der Waals surface area contributed by atoms with Crippen molar-refractivity contribution in [1.82, 2.24) is 19.6 Å². The lowest BCUT2D eigenvalue weighted by atomic mass is 10.1. The molecular formula is C16H16BrClF2N6. The second kappa shape index (κ2) is 7.81. The van der Waals surface area contributed by atoms with Gasteiger partial charge < -0.3 is 11.1 Å². The molecule has 0 saturated heterocycles. The van der Waals surface area contributed by atoms with E-state index in [0.717, 1.165) is 5.56 Å². The average Bonchev–Trinajstić information content (AvgIpc) is 2.90. The van der Waals surface area contributed by atoms with Gasteiger partial charge in [-0.2, -0.15) is 4.98 Å². The lowest BCUT2D eigenvalue weighted by molar-refractivity contribution is 0.304. The zero-order valence-corrected chi connectivity index (χ0v) is 16.1. The van der Waals surface area contributed by atoms with E-state index in [-0.39, 0.29) is 17.5 Å². The van der Waals surface area contributed by atoms with Crippen LogP contribution in [0.1, 0.15) is 18.2 Å². The number of halogens is 4. The fourth-order valence-electron chi connectivity index (χ4n) is 2.45.